The Morgan fingerprint density at radius 1 is 1.57 bits per heavy atom. The standard InChI is InChI=1S/C13H22O/c1-5-12-11-7-9(2)6-10(3)13(11,4)8-14-12/h6,9,11-12H,5,7-8H2,1-4H3. The normalized spacial score (nSPS) is 47.4. The minimum absolute atomic E-state index is 0.340. The predicted octanol–water partition coefficient (Wildman–Crippen LogP) is 3.40. The molecule has 0 N–H and O–H groups in total. The third kappa shape index (κ3) is 1.33. The second-order valence-corrected chi connectivity index (χ2v) is 5.34. The molecule has 4 unspecified atom stereocenters. The first kappa shape index (κ1) is 10.2. The maximum Gasteiger partial charge on any atom is 0.0610 e. The van der Waals surface area contributed by atoms with Crippen molar-refractivity contribution in [2.75, 3.05) is 6.61 Å². The zero-order valence-electron chi connectivity index (χ0n) is 9.84. The molecule has 0 aromatic heterocycles. The van der Waals surface area contributed by atoms with E-state index in [2.05, 4.69) is 33.8 Å². The Kier molecular flexibility index (Phi) is 2.46. The van der Waals surface area contributed by atoms with E-state index in [0.717, 1.165) is 18.4 Å². The largest absolute Gasteiger partial charge is 0.377 e. The van der Waals surface area contributed by atoms with Crippen LogP contribution in [0.25, 0.3) is 0 Å². The molecule has 14 heavy (non-hydrogen) atoms. The molecule has 1 saturated heterocycles. The summed E-state index contributed by atoms with van der Waals surface area (Å²) in [6, 6.07) is 0. The summed E-state index contributed by atoms with van der Waals surface area (Å²) in [5, 5.41) is 0. The highest BCUT2D eigenvalue weighted by Crippen LogP contribution is 2.51. The highest BCUT2D eigenvalue weighted by molar-refractivity contribution is 5.21. The molecule has 0 aromatic rings. The lowest BCUT2D eigenvalue weighted by Crippen LogP contribution is -2.35. The Hall–Kier alpha value is -0.300. The van der Waals surface area contributed by atoms with E-state index in [1.54, 1.807) is 5.57 Å². The molecule has 0 amide bonds. The van der Waals surface area contributed by atoms with Gasteiger partial charge >= 0.3 is 0 Å². The lowest BCUT2D eigenvalue weighted by molar-refractivity contribution is 0.0833. The number of fused-ring (bicyclic) bond motifs is 1. The van der Waals surface area contributed by atoms with Crippen LogP contribution in [0.15, 0.2) is 11.6 Å². The molecule has 0 spiro atoms. The number of rotatable bonds is 1. The first-order valence-electron chi connectivity index (χ1n) is 5.88. The van der Waals surface area contributed by atoms with E-state index in [0.29, 0.717) is 11.5 Å². The molecule has 1 nitrogen and oxygen atoms in total. The minimum atomic E-state index is 0.340. The Bertz CT molecular complexity index is 256. The van der Waals surface area contributed by atoms with Gasteiger partial charge in [-0.1, -0.05) is 32.4 Å². The average molecular weight is 194 g/mol. The second-order valence-electron chi connectivity index (χ2n) is 5.34. The van der Waals surface area contributed by atoms with Gasteiger partial charge in [-0.25, -0.2) is 0 Å². The Morgan fingerprint density at radius 2 is 2.29 bits per heavy atom. The van der Waals surface area contributed by atoms with Gasteiger partial charge in [-0.2, -0.15) is 0 Å². The Morgan fingerprint density at radius 3 is 2.93 bits per heavy atom. The van der Waals surface area contributed by atoms with Gasteiger partial charge in [0.1, 0.15) is 0 Å². The molecule has 0 radical (unpaired) electrons. The van der Waals surface area contributed by atoms with Crippen LogP contribution in [0, 0.1) is 17.3 Å². The summed E-state index contributed by atoms with van der Waals surface area (Å²) in [4.78, 5) is 0. The fraction of sp³-hybridized carbons (Fsp3) is 0.846. The van der Waals surface area contributed by atoms with Crippen LogP contribution < -0.4 is 0 Å². The van der Waals surface area contributed by atoms with Crippen molar-refractivity contribution in [2.45, 2.75) is 46.6 Å². The number of hydrogen-bond donors (Lipinski definition) is 0. The molecule has 1 aliphatic carbocycles. The van der Waals surface area contributed by atoms with Crippen LogP contribution in [0.3, 0.4) is 0 Å². The summed E-state index contributed by atoms with van der Waals surface area (Å²) >= 11 is 0. The molecule has 4 atom stereocenters. The molecule has 1 fully saturated rings. The van der Waals surface area contributed by atoms with Crippen molar-refractivity contribution >= 4 is 0 Å². The third-order valence-electron chi connectivity index (χ3n) is 4.33. The number of ether oxygens (including phenoxy) is 1. The average Bonchev–Trinajstić information content (AvgIpc) is 2.45. The van der Waals surface area contributed by atoms with Crippen LogP contribution in [-0.2, 0) is 4.74 Å². The molecule has 2 rings (SSSR count). The summed E-state index contributed by atoms with van der Waals surface area (Å²) < 4.78 is 5.93. The van der Waals surface area contributed by atoms with Crippen molar-refractivity contribution in [2.24, 2.45) is 17.3 Å². The van der Waals surface area contributed by atoms with Gasteiger partial charge in [0.15, 0.2) is 0 Å². The summed E-state index contributed by atoms with van der Waals surface area (Å²) in [6.45, 7) is 10.2. The summed E-state index contributed by atoms with van der Waals surface area (Å²) in [5.74, 6) is 1.50. The molecular formula is C13H22O. The molecule has 0 aromatic carbocycles. The van der Waals surface area contributed by atoms with Gasteiger partial charge in [-0.15, -0.1) is 0 Å². The lowest BCUT2D eigenvalue weighted by Gasteiger charge is -2.38. The monoisotopic (exact) mass is 194 g/mol. The summed E-state index contributed by atoms with van der Waals surface area (Å²) in [6.07, 6.45) is 5.43. The van der Waals surface area contributed by atoms with E-state index < -0.39 is 0 Å². The third-order valence-corrected chi connectivity index (χ3v) is 4.33. The SMILES string of the molecule is CCC1OCC2(C)C(C)=CC(C)CC12. The van der Waals surface area contributed by atoms with Gasteiger partial charge in [-0.3, -0.25) is 0 Å². The topological polar surface area (TPSA) is 9.23 Å². The van der Waals surface area contributed by atoms with E-state index in [4.69, 9.17) is 4.74 Å². The van der Waals surface area contributed by atoms with E-state index in [9.17, 15) is 0 Å². The van der Waals surface area contributed by atoms with Crippen molar-refractivity contribution in [1.82, 2.24) is 0 Å². The van der Waals surface area contributed by atoms with E-state index >= 15 is 0 Å². The van der Waals surface area contributed by atoms with Gasteiger partial charge in [0.05, 0.1) is 12.7 Å². The van der Waals surface area contributed by atoms with Crippen LogP contribution in [0.1, 0.15) is 40.5 Å². The molecular weight excluding hydrogens is 172 g/mol. The smallest absolute Gasteiger partial charge is 0.0610 e. The van der Waals surface area contributed by atoms with Gasteiger partial charge in [0.2, 0.25) is 0 Å². The van der Waals surface area contributed by atoms with Crippen LogP contribution >= 0.6 is 0 Å². The highest BCUT2D eigenvalue weighted by atomic mass is 16.5. The van der Waals surface area contributed by atoms with Crippen LogP contribution in [-0.4, -0.2) is 12.7 Å². The van der Waals surface area contributed by atoms with E-state index in [-0.39, 0.29) is 0 Å². The fourth-order valence-electron chi connectivity index (χ4n) is 3.22. The van der Waals surface area contributed by atoms with E-state index in [1.807, 2.05) is 0 Å². The molecule has 1 heteroatoms. The maximum absolute atomic E-state index is 5.93. The second kappa shape index (κ2) is 3.37. The zero-order chi connectivity index (χ0) is 10.3. The molecule has 0 saturated carbocycles. The molecule has 1 heterocycles. The summed E-state index contributed by atoms with van der Waals surface area (Å²) in [7, 11) is 0. The molecule has 2 aliphatic rings. The molecule has 1 aliphatic heterocycles. The molecule has 80 valence electrons. The Balaban J connectivity index is 2.29. The quantitative estimate of drug-likeness (QED) is 0.581. The fourth-order valence-corrected chi connectivity index (χ4v) is 3.22. The van der Waals surface area contributed by atoms with Crippen LogP contribution in [0.5, 0.6) is 0 Å². The minimum Gasteiger partial charge on any atom is -0.377 e. The van der Waals surface area contributed by atoms with Gasteiger partial charge in [0, 0.05) is 5.41 Å². The van der Waals surface area contributed by atoms with Gasteiger partial charge in [-0.05, 0) is 31.6 Å². The van der Waals surface area contributed by atoms with Gasteiger partial charge < -0.3 is 4.74 Å². The van der Waals surface area contributed by atoms with Crippen LogP contribution in [0.4, 0.5) is 0 Å². The Labute approximate surface area is 87.5 Å². The number of allylic oxidation sites excluding steroid dienone is 1. The van der Waals surface area contributed by atoms with E-state index in [1.165, 1.54) is 12.8 Å². The van der Waals surface area contributed by atoms with Gasteiger partial charge in [0.25, 0.3) is 0 Å². The highest BCUT2D eigenvalue weighted by Gasteiger charge is 2.48. The predicted molar refractivity (Wildman–Crippen MR) is 59.2 cm³/mol. The zero-order valence-corrected chi connectivity index (χ0v) is 9.84. The lowest BCUT2D eigenvalue weighted by atomic mass is 9.64. The first-order valence-corrected chi connectivity index (χ1v) is 5.88. The van der Waals surface area contributed by atoms with Crippen LogP contribution in [0.2, 0.25) is 0 Å². The maximum atomic E-state index is 5.93. The summed E-state index contributed by atoms with van der Waals surface area (Å²) in [5.41, 5.74) is 1.89. The number of hydrogen-bond acceptors (Lipinski definition) is 1. The van der Waals surface area contributed by atoms with Crippen molar-refractivity contribution in [3.05, 3.63) is 11.6 Å². The van der Waals surface area contributed by atoms with Crippen molar-refractivity contribution < 1.29 is 4.74 Å². The van der Waals surface area contributed by atoms with Crippen molar-refractivity contribution in [3.63, 3.8) is 0 Å². The van der Waals surface area contributed by atoms with Crippen molar-refractivity contribution in [3.8, 4) is 0 Å². The molecule has 0 bridgehead atoms. The van der Waals surface area contributed by atoms with Crippen molar-refractivity contribution in [1.29, 1.82) is 0 Å². The first-order chi connectivity index (χ1) is 6.58.